The lowest BCUT2D eigenvalue weighted by Gasteiger charge is -2.29. The van der Waals surface area contributed by atoms with Crippen molar-refractivity contribution < 1.29 is 9.48 Å². The second-order valence-corrected chi connectivity index (χ2v) is 9.27. The first-order chi connectivity index (χ1) is 10.2. The third-order valence-electron chi connectivity index (χ3n) is 3.86. The summed E-state index contributed by atoms with van der Waals surface area (Å²) in [5.74, 6) is 0.926. The summed E-state index contributed by atoms with van der Waals surface area (Å²) < 4.78 is 6.77. The molecule has 0 atom stereocenters. The number of methoxy groups -OCH3 is 1. The minimum atomic E-state index is -0.455. The number of benzene rings is 1. The molecule has 1 rings (SSSR count). The highest BCUT2D eigenvalue weighted by molar-refractivity contribution is 5.78. The van der Waals surface area contributed by atoms with Gasteiger partial charge in [-0.2, -0.15) is 0 Å². The molecule has 0 aromatic heterocycles. The molecular weight excluding hydrogens is 286 g/mol. The Balaban J connectivity index is 3.71. The maximum atomic E-state index is 12.3. The topological polar surface area (TPSA) is 35.3 Å². The van der Waals surface area contributed by atoms with Crippen LogP contribution in [0.15, 0.2) is 12.1 Å². The van der Waals surface area contributed by atoms with Crippen LogP contribution in [0.4, 0.5) is 0 Å². The zero-order valence-corrected chi connectivity index (χ0v) is 16.5. The number of hydrogen-bond donors (Lipinski definition) is 0. The average Bonchev–Trinajstić information content (AvgIpc) is 2.34. The van der Waals surface area contributed by atoms with E-state index in [1.54, 1.807) is 13.3 Å². The monoisotopic (exact) mass is 319 g/mol. The van der Waals surface area contributed by atoms with E-state index in [-0.39, 0.29) is 10.8 Å². The first kappa shape index (κ1) is 19.5. The van der Waals surface area contributed by atoms with Gasteiger partial charge in [0.2, 0.25) is 0 Å². The lowest BCUT2D eigenvalue weighted by Crippen LogP contribution is -2.29. The fourth-order valence-electron chi connectivity index (χ4n) is 2.39. The largest absolute Gasteiger partial charge is 0.623 e. The maximum Gasteiger partial charge on any atom is 0.182 e. The third-order valence-corrected chi connectivity index (χ3v) is 3.86. The molecule has 0 unspecified atom stereocenters. The van der Waals surface area contributed by atoms with Gasteiger partial charge >= 0.3 is 0 Å². The van der Waals surface area contributed by atoms with Gasteiger partial charge in [-0.15, -0.1) is 0 Å². The minimum Gasteiger partial charge on any atom is -0.623 e. The van der Waals surface area contributed by atoms with Crippen molar-refractivity contribution in [2.75, 3.05) is 7.11 Å². The second-order valence-electron chi connectivity index (χ2n) is 9.27. The summed E-state index contributed by atoms with van der Waals surface area (Å²) >= 11 is 0. The maximum absolute atomic E-state index is 12.3. The standard InChI is InChI=1S/C20H33NO2/c1-18(2,3)15-11-14(13-21(22)20(7,8)9)12-16(17(15)23-10)19(4,5)6/h11-13H,1-10H3/b21-13-. The molecule has 0 fully saturated rings. The highest BCUT2D eigenvalue weighted by Crippen LogP contribution is 2.40. The Hall–Kier alpha value is -1.51. The molecule has 23 heavy (non-hydrogen) atoms. The van der Waals surface area contributed by atoms with Crippen LogP contribution in [0.3, 0.4) is 0 Å². The molecule has 0 spiro atoms. The summed E-state index contributed by atoms with van der Waals surface area (Å²) in [6.07, 6.45) is 1.68. The molecule has 3 heteroatoms. The van der Waals surface area contributed by atoms with Crippen LogP contribution in [0.5, 0.6) is 5.75 Å². The Bertz CT molecular complexity index is 559. The molecular formula is C20H33NO2. The molecule has 130 valence electrons. The summed E-state index contributed by atoms with van der Waals surface area (Å²) in [5.41, 5.74) is 2.59. The molecule has 0 bridgehead atoms. The van der Waals surface area contributed by atoms with Gasteiger partial charge in [-0.05, 0) is 23.0 Å². The van der Waals surface area contributed by atoms with Crippen molar-refractivity contribution in [2.45, 2.75) is 78.7 Å². The quantitative estimate of drug-likeness (QED) is 0.332. The normalized spacial score (nSPS) is 14.1. The summed E-state index contributed by atoms with van der Waals surface area (Å²) in [7, 11) is 1.72. The van der Waals surface area contributed by atoms with Crippen LogP contribution in [0.1, 0.15) is 79.0 Å². The van der Waals surface area contributed by atoms with Gasteiger partial charge in [0.05, 0.1) is 7.11 Å². The molecule has 0 aliphatic carbocycles. The van der Waals surface area contributed by atoms with E-state index < -0.39 is 5.54 Å². The average molecular weight is 319 g/mol. The van der Waals surface area contributed by atoms with Crippen molar-refractivity contribution in [2.24, 2.45) is 0 Å². The van der Waals surface area contributed by atoms with E-state index in [0.717, 1.165) is 27.2 Å². The summed E-state index contributed by atoms with van der Waals surface area (Å²) in [4.78, 5) is 0. The van der Waals surface area contributed by atoms with Crippen molar-refractivity contribution in [3.8, 4) is 5.75 Å². The Morgan fingerprint density at radius 3 is 1.52 bits per heavy atom. The summed E-state index contributed by atoms with van der Waals surface area (Å²) in [6, 6.07) is 4.15. The van der Waals surface area contributed by atoms with E-state index in [1.165, 1.54) is 0 Å². The van der Waals surface area contributed by atoms with Gasteiger partial charge in [-0.1, -0.05) is 41.5 Å². The van der Waals surface area contributed by atoms with Crippen LogP contribution < -0.4 is 4.74 Å². The van der Waals surface area contributed by atoms with Gasteiger partial charge < -0.3 is 9.94 Å². The Morgan fingerprint density at radius 2 is 1.26 bits per heavy atom. The fourth-order valence-corrected chi connectivity index (χ4v) is 2.39. The number of ether oxygens (including phenoxy) is 1. The first-order valence-corrected chi connectivity index (χ1v) is 8.22. The number of hydroxylamine groups is 1. The van der Waals surface area contributed by atoms with E-state index in [4.69, 9.17) is 4.74 Å². The van der Waals surface area contributed by atoms with Crippen molar-refractivity contribution in [3.05, 3.63) is 34.0 Å². The smallest absolute Gasteiger partial charge is 0.182 e. The van der Waals surface area contributed by atoms with Crippen LogP contribution in [-0.4, -0.2) is 23.6 Å². The third kappa shape index (κ3) is 4.73. The Kier molecular flexibility index (Phi) is 5.25. The first-order valence-electron chi connectivity index (χ1n) is 8.22. The van der Waals surface area contributed by atoms with Crippen LogP contribution in [0.2, 0.25) is 0 Å². The summed E-state index contributed by atoms with van der Waals surface area (Å²) in [5, 5.41) is 12.3. The van der Waals surface area contributed by atoms with E-state index in [9.17, 15) is 5.21 Å². The lowest BCUT2D eigenvalue weighted by molar-refractivity contribution is -0.530. The molecule has 0 radical (unpaired) electrons. The molecule has 0 heterocycles. The van der Waals surface area contributed by atoms with Crippen molar-refractivity contribution in [1.82, 2.24) is 0 Å². The van der Waals surface area contributed by atoms with Crippen LogP contribution >= 0.6 is 0 Å². The van der Waals surface area contributed by atoms with Gasteiger partial charge in [0.15, 0.2) is 11.8 Å². The molecule has 1 aromatic rings. The van der Waals surface area contributed by atoms with Crippen molar-refractivity contribution in [1.29, 1.82) is 0 Å². The zero-order chi connectivity index (χ0) is 18.2. The Labute approximate surface area is 142 Å². The van der Waals surface area contributed by atoms with Crippen LogP contribution in [-0.2, 0) is 10.8 Å². The lowest BCUT2D eigenvalue weighted by atomic mass is 9.78. The molecule has 0 saturated heterocycles. The van der Waals surface area contributed by atoms with Crippen molar-refractivity contribution in [3.63, 3.8) is 0 Å². The molecule has 0 aliphatic heterocycles. The van der Waals surface area contributed by atoms with Gasteiger partial charge in [-0.3, -0.25) is 0 Å². The predicted molar refractivity (Wildman–Crippen MR) is 98.9 cm³/mol. The van der Waals surface area contributed by atoms with Crippen LogP contribution in [0.25, 0.3) is 0 Å². The van der Waals surface area contributed by atoms with E-state index in [2.05, 4.69) is 53.7 Å². The molecule has 3 nitrogen and oxygen atoms in total. The van der Waals surface area contributed by atoms with E-state index >= 15 is 0 Å². The highest BCUT2D eigenvalue weighted by Gasteiger charge is 2.28. The van der Waals surface area contributed by atoms with E-state index in [0.29, 0.717) is 0 Å². The molecule has 0 amide bonds. The van der Waals surface area contributed by atoms with E-state index in [1.807, 2.05) is 20.8 Å². The fraction of sp³-hybridized carbons (Fsp3) is 0.650. The number of hydrogen-bond acceptors (Lipinski definition) is 2. The summed E-state index contributed by atoms with van der Waals surface area (Å²) in [6.45, 7) is 18.7. The van der Waals surface area contributed by atoms with Gasteiger partial charge in [-0.25, -0.2) is 4.74 Å². The molecule has 0 saturated carbocycles. The minimum absolute atomic E-state index is 0.0648. The molecule has 0 aliphatic rings. The van der Waals surface area contributed by atoms with Gasteiger partial charge in [0.25, 0.3) is 0 Å². The SMILES string of the molecule is COc1c(C(C)(C)C)cc(/C=[N+](\[O-])C(C)(C)C)cc1C(C)(C)C. The molecule has 1 aromatic carbocycles. The highest BCUT2D eigenvalue weighted by atomic mass is 16.5. The Morgan fingerprint density at radius 1 is 0.870 bits per heavy atom. The van der Waals surface area contributed by atoms with Crippen molar-refractivity contribution >= 4 is 6.21 Å². The predicted octanol–water partition coefficient (Wildman–Crippen LogP) is 5.02. The number of rotatable bonds is 2. The van der Waals surface area contributed by atoms with Gasteiger partial charge in [0.1, 0.15) is 5.75 Å². The van der Waals surface area contributed by atoms with Crippen LogP contribution in [0, 0.1) is 5.21 Å². The zero-order valence-electron chi connectivity index (χ0n) is 16.5. The molecule has 0 N–H and O–H groups in total. The second kappa shape index (κ2) is 6.18. The number of nitrogens with zero attached hydrogens (tertiary/aromatic N) is 1. The van der Waals surface area contributed by atoms with Gasteiger partial charge in [0, 0.05) is 37.5 Å².